The Balaban J connectivity index is 5.33. The van der Waals surface area contributed by atoms with Crippen LogP contribution in [0.3, 0.4) is 0 Å². The van der Waals surface area contributed by atoms with E-state index in [0.717, 1.165) is 25.0 Å². The molecule has 0 saturated heterocycles. The molecule has 1 heteroatoms. The second kappa shape index (κ2) is 8.68. The molecule has 0 spiro atoms. The van der Waals surface area contributed by atoms with Gasteiger partial charge in [0, 0.05) is 11.9 Å². The monoisotopic (exact) mass is 245 g/mol. The van der Waals surface area contributed by atoms with E-state index in [-0.39, 0.29) is 0 Å². The summed E-state index contributed by atoms with van der Waals surface area (Å²) in [6, 6.07) is 0. The topological polar surface area (TPSA) is 12.4 Å². The van der Waals surface area contributed by atoms with Crippen LogP contribution < -0.4 is 0 Å². The third-order valence-electron chi connectivity index (χ3n) is 3.21. The van der Waals surface area contributed by atoms with E-state index in [9.17, 15) is 0 Å². The fraction of sp³-hybridized carbons (Fsp3) is 0.471. The predicted molar refractivity (Wildman–Crippen MR) is 84.1 cm³/mol. The zero-order valence-corrected chi connectivity index (χ0v) is 12.6. The van der Waals surface area contributed by atoms with Gasteiger partial charge in [0.1, 0.15) is 0 Å². The van der Waals surface area contributed by atoms with Gasteiger partial charge < -0.3 is 0 Å². The molecule has 0 unspecified atom stereocenters. The highest BCUT2D eigenvalue weighted by atomic mass is 14.7. The van der Waals surface area contributed by atoms with E-state index in [0.29, 0.717) is 0 Å². The van der Waals surface area contributed by atoms with Gasteiger partial charge in [-0.3, -0.25) is 4.99 Å². The van der Waals surface area contributed by atoms with Gasteiger partial charge in [-0.25, -0.2) is 0 Å². The van der Waals surface area contributed by atoms with E-state index in [1.165, 1.54) is 22.3 Å². The molecule has 0 aliphatic heterocycles. The SMILES string of the molecule is C=CN=C(C)/C(C)=C(C)/C=C(/CCC)C(=C)CC. The number of rotatable bonds is 7. The average molecular weight is 245 g/mol. The predicted octanol–water partition coefficient (Wildman–Crippen LogP) is 5.62. The summed E-state index contributed by atoms with van der Waals surface area (Å²) in [4.78, 5) is 4.23. The van der Waals surface area contributed by atoms with Crippen LogP contribution in [-0.2, 0) is 0 Å². The molecule has 0 rings (SSSR count). The lowest BCUT2D eigenvalue weighted by Gasteiger charge is -2.10. The first-order chi connectivity index (χ1) is 8.47. The summed E-state index contributed by atoms with van der Waals surface area (Å²) < 4.78 is 0. The van der Waals surface area contributed by atoms with Crippen molar-refractivity contribution in [2.75, 3.05) is 0 Å². The maximum atomic E-state index is 4.23. The molecule has 0 aromatic carbocycles. The second-order valence-corrected chi connectivity index (χ2v) is 4.58. The summed E-state index contributed by atoms with van der Waals surface area (Å²) >= 11 is 0. The van der Waals surface area contributed by atoms with Crippen LogP contribution in [0.15, 0.2) is 52.7 Å². The fourth-order valence-electron chi connectivity index (χ4n) is 1.74. The fourth-order valence-corrected chi connectivity index (χ4v) is 1.74. The van der Waals surface area contributed by atoms with Crippen LogP contribution in [0, 0.1) is 0 Å². The molecular formula is C17H27N. The van der Waals surface area contributed by atoms with Gasteiger partial charge in [-0.2, -0.15) is 0 Å². The molecule has 0 radical (unpaired) electrons. The summed E-state index contributed by atoms with van der Waals surface area (Å²) in [5.74, 6) is 0. The lowest BCUT2D eigenvalue weighted by atomic mass is 9.96. The number of aliphatic imine (C=N–C) groups is 1. The van der Waals surface area contributed by atoms with Crippen LogP contribution in [-0.4, -0.2) is 5.71 Å². The second-order valence-electron chi connectivity index (χ2n) is 4.58. The minimum absolute atomic E-state index is 1.01. The number of nitrogens with zero attached hydrogens (tertiary/aromatic N) is 1. The van der Waals surface area contributed by atoms with E-state index in [4.69, 9.17) is 0 Å². The molecule has 0 aliphatic rings. The van der Waals surface area contributed by atoms with Gasteiger partial charge in [0.2, 0.25) is 0 Å². The third kappa shape index (κ3) is 5.31. The Labute approximate surface area is 113 Å². The van der Waals surface area contributed by atoms with Gasteiger partial charge >= 0.3 is 0 Å². The molecule has 0 heterocycles. The normalized spacial score (nSPS) is 14.3. The minimum atomic E-state index is 1.01. The van der Waals surface area contributed by atoms with Gasteiger partial charge in [0.25, 0.3) is 0 Å². The quantitative estimate of drug-likeness (QED) is 0.408. The highest BCUT2D eigenvalue weighted by Gasteiger charge is 2.03. The standard InChI is InChI=1S/C17H27N/c1-8-11-17(13(4)9-2)12-14(5)15(6)16(7)18-10-3/h10,12H,3-4,8-9,11H2,1-2,5-7H3/b15-14+,17-12-,18-16?. The highest BCUT2D eigenvalue weighted by molar-refractivity contribution is 5.99. The van der Waals surface area contributed by atoms with E-state index in [2.05, 4.69) is 51.9 Å². The van der Waals surface area contributed by atoms with Gasteiger partial charge in [-0.1, -0.05) is 45.1 Å². The molecule has 0 saturated carbocycles. The summed E-state index contributed by atoms with van der Waals surface area (Å²) in [6.45, 7) is 18.4. The van der Waals surface area contributed by atoms with E-state index in [1.807, 2.05) is 6.92 Å². The first-order valence-corrected chi connectivity index (χ1v) is 6.69. The lowest BCUT2D eigenvalue weighted by molar-refractivity contribution is 0.894. The molecule has 0 aromatic rings. The van der Waals surface area contributed by atoms with Crippen molar-refractivity contribution in [3.8, 4) is 0 Å². The number of hydrogen-bond acceptors (Lipinski definition) is 1. The Kier molecular flexibility index (Phi) is 8.02. The van der Waals surface area contributed by atoms with Crippen molar-refractivity contribution in [2.45, 2.75) is 53.9 Å². The van der Waals surface area contributed by atoms with Gasteiger partial charge in [-0.05, 0) is 50.3 Å². The smallest absolute Gasteiger partial charge is 0.0404 e. The van der Waals surface area contributed by atoms with Crippen molar-refractivity contribution >= 4 is 5.71 Å². The molecule has 100 valence electrons. The van der Waals surface area contributed by atoms with Crippen molar-refractivity contribution in [3.63, 3.8) is 0 Å². The Morgan fingerprint density at radius 1 is 1.17 bits per heavy atom. The Hall–Kier alpha value is -1.37. The van der Waals surface area contributed by atoms with Gasteiger partial charge in [0.15, 0.2) is 0 Å². The van der Waals surface area contributed by atoms with Crippen LogP contribution in [0.5, 0.6) is 0 Å². The zero-order chi connectivity index (χ0) is 14.1. The van der Waals surface area contributed by atoms with Gasteiger partial charge in [0.05, 0.1) is 0 Å². The Morgan fingerprint density at radius 2 is 1.78 bits per heavy atom. The van der Waals surface area contributed by atoms with Crippen LogP contribution in [0.25, 0.3) is 0 Å². The average Bonchev–Trinajstić information content (AvgIpc) is 2.36. The molecule has 0 amide bonds. The third-order valence-corrected chi connectivity index (χ3v) is 3.21. The Bertz CT molecular complexity index is 392. The van der Waals surface area contributed by atoms with Crippen molar-refractivity contribution < 1.29 is 0 Å². The zero-order valence-electron chi connectivity index (χ0n) is 12.6. The van der Waals surface area contributed by atoms with Crippen LogP contribution in [0.4, 0.5) is 0 Å². The first kappa shape index (κ1) is 16.6. The lowest BCUT2D eigenvalue weighted by Crippen LogP contribution is -1.97. The molecular weight excluding hydrogens is 218 g/mol. The van der Waals surface area contributed by atoms with E-state index in [1.54, 1.807) is 6.20 Å². The maximum absolute atomic E-state index is 4.23. The molecule has 1 nitrogen and oxygen atoms in total. The van der Waals surface area contributed by atoms with E-state index < -0.39 is 0 Å². The van der Waals surface area contributed by atoms with Gasteiger partial charge in [-0.15, -0.1) is 0 Å². The molecule has 0 N–H and O–H groups in total. The van der Waals surface area contributed by atoms with Crippen molar-refractivity contribution in [3.05, 3.63) is 47.7 Å². The molecule has 0 atom stereocenters. The van der Waals surface area contributed by atoms with E-state index >= 15 is 0 Å². The molecule has 0 aliphatic carbocycles. The summed E-state index contributed by atoms with van der Waals surface area (Å²) in [5, 5.41) is 0. The Morgan fingerprint density at radius 3 is 2.22 bits per heavy atom. The summed E-state index contributed by atoms with van der Waals surface area (Å²) in [5.41, 5.74) is 6.10. The van der Waals surface area contributed by atoms with Crippen molar-refractivity contribution in [2.24, 2.45) is 4.99 Å². The number of hydrogen-bond donors (Lipinski definition) is 0. The van der Waals surface area contributed by atoms with Crippen molar-refractivity contribution in [1.29, 1.82) is 0 Å². The van der Waals surface area contributed by atoms with Crippen LogP contribution >= 0.6 is 0 Å². The molecule has 0 aromatic heterocycles. The first-order valence-electron chi connectivity index (χ1n) is 6.69. The van der Waals surface area contributed by atoms with Crippen molar-refractivity contribution in [1.82, 2.24) is 0 Å². The largest absolute Gasteiger partial charge is 0.262 e. The molecule has 0 fully saturated rings. The number of allylic oxidation sites excluding steroid dienone is 5. The minimum Gasteiger partial charge on any atom is -0.262 e. The van der Waals surface area contributed by atoms with Crippen LogP contribution in [0.2, 0.25) is 0 Å². The summed E-state index contributed by atoms with van der Waals surface area (Å²) in [7, 11) is 0. The highest BCUT2D eigenvalue weighted by Crippen LogP contribution is 2.21. The maximum Gasteiger partial charge on any atom is 0.0404 e. The van der Waals surface area contributed by atoms with Crippen LogP contribution in [0.1, 0.15) is 53.9 Å². The molecule has 18 heavy (non-hydrogen) atoms. The summed E-state index contributed by atoms with van der Waals surface area (Å²) in [6.07, 6.45) is 7.10. The molecule has 0 bridgehead atoms.